The zero-order valence-electron chi connectivity index (χ0n) is 15.2. The summed E-state index contributed by atoms with van der Waals surface area (Å²) < 4.78 is 15.9. The van der Waals surface area contributed by atoms with Crippen molar-refractivity contribution in [3.05, 3.63) is 75.4 Å². The monoisotopic (exact) mass is 376 g/mol. The van der Waals surface area contributed by atoms with Crippen LogP contribution in [-0.2, 0) is 4.79 Å². The van der Waals surface area contributed by atoms with Crippen molar-refractivity contribution >= 4 is 27.9 Å². The fraction of sp³-hybridized carbons (Fsp3) is 0.136. The highest BCUT2D eigenvalue weighted by Gasteiger charge is 2.15. The molecular weight excluding hydrogens is 360 g/mol. The second-order valence-electron chi connectivity index (χ2n) is 6.70. The molecule has 0 saturated carbocycles. The lowest BCUT2D eigenvalue weighted by Crippen LogP contribution is -2.14. The van der Waals surface area contributed by atoms with Gasteiger partial charge in [-0.15, -0.1) is 0 Å². The third-order valence-electron chi connectivity index (χ3n) is 4.34. The van der Waals surface area contributed by atoms with Gasteiger partial charge in [-0.1, -0.05) is 32.0 Å². The Labute approximate surface area is 159 Å². The van der Waals surface area contributed by atoms with Crippen LogP contribution in [0.1, 0.15) is 13.8 Å². The van der Waals surface area contributed by atoms with E-state index in [4.69, 9.17) is 13.6 Å². The molecule has 0 atom stereocenters. The van der Waals surface area contributed by atoms with Crippen molar-refractivity contribution in [3.8, 4) is 16.9 Å². The van der Waals surface area contributed by atoms with E-state index in [9.17, 15) is 14.4 Å². The molecule has 6 heteroatoms. The first kappa shape index (κ1) is 17.7. The third-order valence-corrected chi connectivity index (χ3v) is 4.34. The highest BCUT2D eigenvalue weighted by atomic mass is 16.5. The van der Waals surface area contributed by atoms with E-state index in [1.165, 1.54) is 12.1 Å². The molecule has 0 N–H and O–H groups in total. The lowest BCUT2D eigenvalue weighted by molar-refractivity contribution is -0.137. The van der Waals surface area contributed by atoms with Gasteiger partial charge in [-0.2, -0.15) is 0 Å². The molecule has 28 heavy (non-hydrogen) atoms. The van der Waals surface area contributed by atoms with Crippen molar-refractivity contribution in [3.63, 3.8) is 0 Å². The number of rotatable bonds is 3. The Kier molecular flexibility index (Phi) is 4.31. The van der Waals surface area contributed by atoms with Gasteiger partial charge in [-0.25, -0.2) is 9.59 Å². The Hall–Kier alpha value is -3.67. The minimum atomic E-state index is -0.623. The zero-order chi connectivity index (χ0) is 19.8. The van der Waals surface area contributed by atoms with Crippen LogP contribution in [0, 0.1) is 5.92 Å². The molecule has 0 aliphatic carbocycles. The van der Waals surface area contributed by atoms with Crippen LogP contribution in [-0.4, -0.2) is 5.97 Å². The van der Waals surface area contributed by atoms with Crippen LogP contribution in [0.5, 0.6) is 5.75 Å². The van der Waals surface area contributed by atoms with Crippen molar-refractivity contribution in [2.45, 2.75) is 13.8 Å². The molecule has 0 radical (unpaired) electrons. The highest BCUT2D eigenvalue weighted by molar-refractivity contribution is 5.95. The van der Waals surface area contributed by atoms with Crippen molar-refractivity contribution in [2.75, 3.05) is 0 Å². The quantitative estimate of drug-likeness (QED) is 0.304. The minimum Gasteiger partial charge on any atom is -0.426 e. The zero-order valence-corrected chi connectivity index (χ0v) is 15.2. The molecular formula is C22H16O6. The van der Waals surface area contributed by atoms with Gasteiger partial charge in [0.05, 0.1) is 11.5 Å². The molecule has 4 aromatic rings. The molecule has 0 spiro atoms. The molecule has 0 aliphatic heterocycles. The second kappa shape index (κ2) is 6.81. The minimum absolute atomic E-state index is 0.212. The first-order valence-corrected chi connectivity index (χ1v) is 8.75. The van der Waals surface area contributed by atoms with Crippen LogP contribution < -0.4 is 16.0 Å². The number of ether oxygens (including phenoxy) is 1. The van der Waals surface area contributed by atoms with E-state index in [1.54, 1.807) is 44.2 Å². The van der Waals surface area contributed by atoms with E-state index in [1.807, 2.05) is 12.1 Å². The van der Waals surface area contributed by atoms with Gasteiger partial charge in [0, 0.05) is 28.5 Å². The second-order valence-corrected chi connectivity index (χ2v) is 6.70. The highest BCUT2D eigenvalue weighted by Crippen LogP contribution is 2.29. The molecule has 0 unspecified atom stereocenters. The van der Waals surface area contributed by atoms with Crippen LogP contribution in [0.15, 0.2) is 73.0 Å². The molecule has 2 aromatic heterocycles. The summed E-state index contributed by atoms with van der Waals surface area (Å²) in [5, 5.41) is 1.27. The lowest BCUT2D eigenvalue weighted by Gasteiger charge is -2.09. The first-order chi connectivity index (χ1) is 13.4. The number of para-hydroxylation sites is 1. The molecule has 2 heterocycles. The first-order valence-electron chi connectivity index (χ1n) is 8.75. The molecule has 0 amide bonds. The maximum absolute atomic E-state index is 12.5. The average molecular weight is 376 g/mol. The van der Waals surface area contributed by atoms with Crippen LogP contribution in [0.4, 0.5) is 0 Å². The Morgan fingerprint density at radius 3 is 2.46 bits per heavy atom. The van der Waals surface area contributed by atoms with Crippen LogP contribution >= 0.6 is 0 Å². The van der Waals surface area contributed by atoms with Crippen molar-refractivity contribution in [2.24, 2.45) is 5.92 Å². The number of benzene rings is 2. The summed E-state index contributed by atoms with van der Waals surface area (Å²) in [5.41, 5.74) is 0.148. The van der Waals surface area contributed by atoms with E-state index in [-0.39, 0.29) is 22.8 Å². The number of esters is 1. The number of carbonyl (C=O) groups is 1. The smallest absolute Gasteiger partial charge is 0.344 e. The Morgan fingerprint density at radius 2 is 1.68 bits per heavy atom. The standard InChI is InChI=1S/C22H16O6/c1-12(2)21(24)26-14-7-8-15-16(11-20(23)27-19(15)10-14)17-9-13-5-3-4-6-18(13)28-22(17)25/h3-12H,1-2H3. The van der Waals surface area contributed by atoms with E-state index >= 15 is 0 Å². The van der Waals surface area contributed by atoms with Gasteiger partial charge in [0.1, 0.15) is 16.9 Å². The van der Waals surface area contributed by atoms with E-state index in [2.05, 4.69) is 0 Å². The molecule has 0 saturated heterocycles. The Morgan fingerprint density at radius 1 is 0.893 bits per heavy atom. The molecule has 4 rings (SSSR count). The van der Waals surface area contributed by atoms with Gasteiger partial charge in [-0.05, 0) is 24.3 Å². The van der Waals surface area contributed by atoms with Gasteiger partial charge in [0.15, 0.2) is 0 Å². The summed E-state index contributed by atoms with van der Waals surface area (Å²) in [6, 6.07) is 14.8. The Bertz CT molecular complexity index is 1330. The molecule has 140 valence electrons. The van der Waals surface area contributed by atoms with Crippen molar-refractivity contribution in [1.82, 2.24) is 0 Å². The summed E-state index contributed by atoms with van der Waals surface area (Å²) in [6.45, 7) is 3.45. The fourth-order valence-corrected chi connectivity index (χ4v) is 2.91. The molecule has 2 aromatic carbocycles. The summed E-state index contributed by atoms with van der Waals surface area (Å²) in [7, 11) is 0. The van der Waals surface area contributed by atoms with E-state index in [0.29, 0.717) is 16.5 Å². The van der Waals surface area contributed by atoms with Gasteiger partial charge in [0.2, 0.25) is 0 Å². The Balaban J connectivity index is 1.90. The topological polar surface area (TPSA) is 86.7 Å². The number of fused-ring (bicyclic) bond motifs is 2. The van der Waals surface area contributed by atoms with Gasteiger partial charge in [0.25, 0.3) is 0 Å². The van der Waals surface area contributed by atoms with Gasteiger partial charge in [-0.3, -0.25) is 4.79 Å². The van der Waals surface area contributed by atoms with Crippen LogP contribution in [0.25, 0.3) is 33.1 Å². The summed E-state index contributed by atoms with van der Waals surface area (Å²) >= 11 is 0. The molecule has 6 nitrogen and oxygen atoms in total. The fourth-order valence-electron chi connectivity index (χ4n) is 2.91. The largest absolute Gasteiger partial charge is 0.426 e. The summed E-state index contributed by atoms with van der Waals surface area (Å²) in [6.07, 6.45) is 0. The lowest BCUT2D eigenvalue weighted by atomic mass is 10.0. The molecule has 0 bridgehead atoms. The number of hydrogen-bond donors (Lipinski definition) is 0. The average Bonchev–Trinajstić information content (AvgIpc) is 2.66. The van der Waals surface area contributed by atoms with Crippen molar-refractivity contribution < 1.29 is 18.4 Å². The molecule has 0 fully saturated rings. The molecule has 0 aliphatic rings. The van der Waals surface area contributed by atoms with Gasteiger partial charge >= 0.3 is 17.2 Å². The maximum atomic E-state index is 12.5. The third kappa shape index (κ3) is 3.20. The predicted octanol–water partition coefficient (Wildman–Crippen LogP) is 4.13. The number of hydrogen-bond acceptors (Lipinski definition) is 6. The van der Waals surface area contributed by atoms with E-state index < -0.39 is 17.2 Å². The maximum Gasteiger partial charge on any atom is 0.344 e. The van der Waals surface area contributed by atoms with E-state index in [0.717, 1.165) is 5.39 Å². The van der Waals surface area contributed by atoms with Crippen LogP contribution in [0.3, 0.4) is 0 Å². The summed E-state index contributed by atoms with van der Waals surface area (Å²) in [5.74, 6) is -0.429. The van der Waals surface area contributed by atoms with Crippen LogP contribution in [0.2, 0.25) is 0 Å². The van der Waals surface area contributed by atoms with Crippen molar-refractivity contribution in [1.29, 1.82) is 0 Å². The predicted molar refractivity (Wildman–Crippen MR) is 104 cm³/mol. The summed E-state index contributed by atoms with van der Waals surface area (Å²) in [4.78, 5) is 36.4. The SMILES string of the molecule is CC(C)C(=O)Oc1ccc2c(-c3cc4ccccc4oc3=O)cc(=O)oc2c1. The number of carbonyl (C=O) groups excluding carboxylic acids is 1. The normalized spacial score (nSPS) is 11.2. The van der Waals surface area contributed by atoms with Gasteiger partial charge < -0.3 is 13.6 Å².